The van der Waals surface area contributed by atoms with Crippen molar-refractivity contribution in [1.29, 1.82) is 0 Å². The van der Waals surface area contributed by atoms with Gasteiger partial charge in [-0.25, -0.2) is 0 Å². The van der Waals surface area contributed by atoms with Crippen LogP contribution in [0.3, 0.4) is 0 Å². The third-order valence-corrected chi connectivity index (χ3v) is 1.87. The summed E-state index contributed by atoms with van der Waals surface area (Å²) in [6, 6.07) is 1.54. The summed E-state index contributed by atoms with van der Waals surface area (Å²) in [4.78, 5) is 8.00. The maximum Gasteiger partial charge on any atom is 0.510 e. The van der Waals surface area contributed by atoms with Crippen LogP contribution in [0.5, 0.6) is 0 Å². The molecule has 0 radical (unpaired) electrons. The van der Waals surface area contributed by atoms with E-state index in [0.29, 0.717) is 6.54 Å². The van der Waals surface area contributed by atoms with Gasteiger partial charge < -0.3 is 10.0 Å². The lowest BCUT2D eigenvalue weighted by Gasteiger charge is -1.99. The van der Waals surface area contributed by atoms with E-state index < -0.39 is 7.12 Å². The van der Waals surface area contributed by atoms with Gasteiger partial charge in [0.05, 0.1) is 24.0 Å². The lowest BCUT2D eigenvalue weighted by Crippen LogP contribution is -2.31. The van der Waals surface area contributed by atoms with Gasteiger partial charge in [0.1, 0.15) is 0 Å². The smallest absolute Gasteiger partial charge is 0.422 e. The molecule has 0 bridgehead atoms. The zero-order chi connectivity index (χ0) is 10.7. The highest BCUT2D eigenvalue weighted by molar-refractivity contribution is 6.57. The van der Waals surface area contributed by atoms with Crippen molar-refractivity contribution in [3.05, 3.63) is 36.5 Å². The third-order valence-electron chi connectivity index (χ3n) is 1.87. The molecule has 0 amide bonds. The lowest BCUT2D eigenvalue weighted by atomic mass is 9.87. The highest BCUT2D eigenvalue weighted by atomic mass is 16.4. The Bertz CT molecular complexity index is 431. The fourth-order valence-corrected chi connectivity index (χ4v) is 1.18. The van der Waals surface area contributed by atoms with Crippen LogP contribution in [0.1, 0.15) is 5.69 Å². The Morgan fingerprint density at radius 1 is 1.33 bits per heavy atom. The summed E-state index contributed by atoms with van der Waals surface area (Å²) in [5.74, 6) is 0. The van der Waals surface area contributed by atoms with Crippen LogP contribution in [-0.4, -0.2) is 36.9 Å². The standard InChI is InChI=1S/C8H9BN4O2/c14-9(15)8-1-4-13(12-8)6-7-5-10-2-3-11-7/h1-5,14-15H,6H2. The molecule has 2 aromatic heterocycles. The average molecular weight is 204 g/mol. The Labute approximate surface area is 86.4 Å². The first-order valence-corrected chi connectivity index (χ1v) is 4.40. The molecule has 2 aromatic rings. The average Bonchev–Trinajstić information content (AvgIpc) is 2.68. The van der Waals surface area contributed by atoms with Gasteiger partial charge in [-0.15, -0.1) is 0 Å². The molecule has 0 unspecified atom stereocenters. The normalized spacial score (nSPS) is 10.3. The van der Waals surface area contributed by atoms with E-state index >= 15 is 0 Å². The van der Waals surface area contributed by atoms with Crippen LogP contribution in [0.4, 0.5) is 0 Å². The van der Waals surface area contributed by atoms with Crippen LogP contribution in [0.2, 0.25) is 0 Å². The van der Waals surface area contributed by atoms with Crippen molar-refractivity contribution in [3.8, 4) is 0 Å². The zero-order valence-corrected chi connectivity index (χ0v) is 7.85. The molecular weight excluding hydrogens is 195 g/mol. The molecule has 15 heavy (non-hydrogen) atoms. The molecule has 0 aliphatic carbocycles. The van der Waals surface area contributed by atoms with Crippen molar-refractivity contribution >= 4 is 12.7 Å². The van der Waals surface area contributed by atoms with E-state index in [1.165, 1.54) is 0 Å². The zero-order valence-electron chi connectivity index (χ0n) is 7.85. The molecule has 0 saturated heterocycles. The van der Waals surface area contributed by atoms with E-state index in [1.54, 1.807) is 35.5 Å². The maximum atomic E-state index is 8.85. The van der Waals surface area contributed by atoms with Gasteiger partial charge in [0, 0.05) is 18.6 Å². The van der Waals surface area contributed by atoms with Crippen molar-refractivity contribution < 1.29 is 10.0 Å². The minimum Gasteiger partial charge on any atom is -0.422 e. The highest BCUT2D eigenvalue weighted by Gasteiger charge is 2.14. The largest absolute Gasteiger partial charge is 0.510 e. The first-order valence-electron chi connectivity index (χ1n) is 4.40. The number of rotatable bonds is 3. The van der Waals surface area contributed by atoms with Crippen LogP contribution < -0.4 is 5.59 Å². The number of aromatic nitrogens is 4. The van der Waals surface area contributed by atoms with E-state index in [1.807, 2.05) is 0 Å². The second-order valence-corrected chi connectivity index (χ2v) is 3.01. The van der Waals surface area contributed by atoms with Crippen LogP contribution in [0.25, 0.3) is 0 Å². The quantitative estimate of drug-likeness (QED) is 0.588. The molecule has 0 aliphatic rings. The fraction of sp³-hybridized carbons (Fsp3) is 0.125. The van der Waals surface area contributed by atoms with Crippen molar-refractivity contribution in [2.45, 2.75) is 6.54 Å². The SMILES string of the molecule is OB(O)c1ccn(Cc2cnccn2)n1. The Morgan fingerprint density at radius 3 is 2.80 bits per heavy atom. The van der Waals surface area contributed by atoms with Crippen LogP contribution in [0.15, 0.2) is 30.9 Å². The Morgan fingerprint density at radius 2 is 2.20 bits per heavy atom. The molecule has 0 saturated carbocycles. The van der Waals surface area contributed by atoms with Gasteiger partial charge in [0.15, 0.2) is 0 Å². The van der Waals surface area contributed by atoms with Gasteiger partial charge in [-0.1, -0.05) is 0 Å². The van der Waals surface area contributed by atoms with Crippen LogP contribution in [0, 0.1) is 0 Å². The first kappa shape index (κ1) is 9.82. The number of hydrogen-bond donors (Lipinski definition) is 2. The first-order chi connectivity index (χ1) is 7.25. The maximum absolute atomic E-state index is 8.85. The second kappa shape index (κ2) is 4.20. The summed E-state index contributed by atoms with van der Waals surface area (Å²) >= 11 is 0. The Hall–Kier alpha value is -1.73. The second-order valence-electron chi connectivity index (χ2n) is 3.01. The van der Waals surface area contributed by atoms with Gasteiger partial charge in [0.25, 0.3) is 0 Å². The number of hydrogen-bond acceptors (Lipinski definition) is 5. The molecule has 2 N–H and O–H groups in total. The van der Waals surface area contributed by atoms with E-state index in [0.717, 1.165) is 5.69 Å². The van der Waals surface area contributed by atoms with E-state index in [4.69, 9.17) is 10.0 Å². The molecule has 2 rings (SSSR count). The highest BCUT2D eigenvalue weighted by Crippen LogP contribution is 1.94. The van der Waals surface area contributed by atoms with E-state index in [-0.39, 0.29) is 5.59 Å². The molecule has 6 nitrogen and oxygen atoms in total. The Kier molecular flexibility index (Phi) is 2.75. The molecule has 2 heterocycles. The topological polar surface area (TPSA) is 84.1 Å². The molecule has 76 valence electrons. The molecule has 7 heteroatoms. The predicted molar refractivity (Wildman–Crippen MR) is 53.2 cm³/mol. The summed E-state index contributed by atoms with van der Waals surface area (Å²) < 4.78 is 1.57. The summed E-state index contributed by atoms with van der Waals surface area (Å²) in [6.45, 7) is 0.459. The molecular formula is C8H9BN4O2. The van der Waals surface area contributed by atoms with Gasteiger partial charge in [-0.3, -0.25) is 14.6 Å². The van der Waals surface area contributed by atoms with Crippen LogP contribution in [-0.2, 0) is 6.54 Å². The summed E-state index contributed by atoms with van der Waals surface area (Å²) in [5.41, 5.74) is 0.985. The molecule has 0 fully saturated rings. The predicted octanol–water partition coefficient (Wildman–Crippen LogP) is -1.60. The monoisotopic (exact) mass is 204 g/mol. The molecule has 0 atom stereocenters. The summed E-state index contributed by atoms with van der Waals surface area (Å²) in [5, 5.41) is 21.7. The van der Waals surface area contributed by atoms with Gasteiger partial charge >= 0.3 is 7.12 Å². The van der Waals surface area contributed by atoms with Gasteiger partial charge in [0.2, 0.25) is 0 Å². The summed E-state index contributed by atoms with van der Waals surface area (Å²) in [6.07, 6.45) is 6.48. The van der Waals surface area contributed by atoms with Crippen molar-refractivity contribution in [1.82, 2.24) is 19.7 Å². The van der Waals surface area contributed by atoms with Crippen LogP contribution >= 0.6 is 0 Å². The molecule has 0 aromatic carbocycles. The lowest BCUT2D eigenvalue weighted by molar-refractivity contribution is 0.423. The minimum atomic E-state index is -1.53. The van der Waals surface area contributed by atoms with Gasteiger partial charge in [-0.2, -0.15) is 5.10 Å². The van der Waals surface area contributed by atoms with Crippen molar-refractivity contribution in [2.24, 2.45) is 0 Å². The third kappa shape index (κ3) is 2.39. The van der Waals surface area contributed by atoms with E-state index in [9.17, 15) is 0 Å². The Balaban J connectivity index is 2.12. The fourth-order valence-electron chi connectivity index (χ4n) is 1.18. The molecule has 0 aliphatic heterocycles. The molecule has 0 spiro atoms. The van der Waals surface area contributed by atoms with Crippen molar-refractivity contribution in [3.63, 3.8) is 0 Å². The van der Waals surface area contributed by atoms with Gasteiger partial charge in [-0.05, 0) is 6.07 Å². The van der Waals surface area contributed by atoms with Crippen molar-refractivity contribution in [2.75, 3.05) is 0 Å². The summed E-state index contributed by atoms with van der Waals surface area (Å²) in [7, 11) is -1.53. The van der Waals surface area contributed by atoms with E-state index in [2.05, 4.69) is 15.1 Å². The minimum absolute atomic E-state index is 0.221. The number of nitrogens with zero attached hydrogens (tertiary/aromatic N) is 4.